The zero-order chi connectivity index (χ0) is 13.5. The van der Waals surface area contributed by atoms with Gasteiger partial charge >= 0.3 is 6.09 Å². The van der Waals surface area contributed by atoms with Crippen LogP contribution in [0.3, 0.4) is 0 Å². The van der Waals surface area contributed by atoms with E-state index in [9.17, 15) is 14.9 Å². The number of hydrogen-bond donors (Lipinski definition) is 1. The molecule has 1 aromatic carbocycles. The molecule has 0 heterocycles. The Kier molecular flexibility index (Phi) is 5.10. The van der Waals surface area contributed by atoms with Crippen LogP contribution in [0.15, 0.2) is 24.3 Å². The van der Waals surface area contributed by atoms with Crippen LogP contribution in [0.4, 0.5) is 10.5 Å². The van der Waals surface area contributed by atoms with Crippen LogP contribution < -0.4 is 5.32 Å². The predicted molar refractivity (Wildman–Crippen MR) is 66.2 cm³/mol. The van der Waals surface area contributed by atoms with Crippen molar-refractivity contribution < 1.29 is 14.5 Å². The molecule has 0 bridgehead atoms. The molecular formula is C12H16N2O4. The Morgan fingerprint density at radius 2 is 2.17 bits per heavy atom. The highest BCUT2D eigenvalue weighted by molar-refractivity contribution is 5.67. The van der Waals surface area contributed by atoms with Crippen molar-refractivity contribution in [2.45, 2.75) is 32.9 Å². The van der Waals surface area contributed by atoms with E-state index >= 15 is 0 Å². The van der Waals surface area contributed by atoms with Gasteiger partial charge < -0.3 is 10.1 Å². The molecule has 1 atom stereocenters. The van der Waals surface area contributed by atoms with E-state index in [1.54, 1.807) is 18.2 Å². The molecule has 6 nitrogen and oxygen atoms in total. The summed E-state index contributed by atoms with van der Waals surface area (Å²) in [6, 6.07) is 6.20. The van der Waals surface area contributed by atoms with E-state index in [2.05, 4.69) is 5.32 Å². The lowest BCUT2D eigenvalue weighted by Gasteiger charge is -2.11. The topological polar surface area (TPSA) is 81.5 Å². The zero-order valence-electron chi connectivity index (χ0n) is 10.4. The Morgan fingerprint density at radius 1 is 1.50 bits per heavy atom. The first-order valence-corrected chi connectivity index (χ1v) is 5.70. The standard InChI is InChI=1S/C12H16N2O4/c1-3-9(2)13-12(15)18-8-10-6-4-5-7-11(10)14(16)17/h4-7,9H,3,8H2,1-2H3,(H,13,15). The molecule has 0 aromatic heterocycles. The maximum Gasteiger partial charge on any atom is 0.407 e. The van der Waals surface area contributed by atoms with E-state index in [4.69, 9.17) is 4.74 Å². The van der Waals surface area contributed by atoms with Crippen molar-refractivity contribution in [1.29, 1.82) is 0 Å². The lowest BCUT2D eigenvalue weighted by atomic mass is 10.2. The van der Waals surface area contributed by atoms with Gasteiger partial charge in [0.15, 0.2) is 0 Å². The highest BCUT2D eigenvalue weighted by atomic mass is 16.6. The number of ether oxygens (including phenoxy) is 1. The van der Waals surface area contributed by atoms with Gasteiger partial charge in [-0.1, -0.05) is 19.1 Å². The summed E-state index contributed by atoms with van der Waals surface area (Å²) in [5, 5.41) is 13.4. The summed E-state index contributed by atoms with van der Waals surface area (Å²) in [6.07, 6.45) is 0.225. The number of carbonyl (C=O) groups is 1. The second kappa shape index (κ2) is 6.58. The van der Waals surface area contributed by atoms with E-state index in [0.29, 0.717) is 5.56 Å². The van der Waals surface area contributed by atoms with Crippen LogP contribution in [0.25, 0.3) is 0 Å². The Hall–Kier alpha value is -2.11. The third-order valence-corrected chi connectivity index (χ3v) is 2.52. The van der Waals surface area contributed by atoms with Crippen molar-refractivity contribution in [2.75, 3.05) is 0 Å². The third-order valence-electron chi connectivity index (χ3n) is 2.52. The van der Waals surface area contributed by atoms with Crippen molar-refractivity contribution in [3.8, 4) is 0 Å². The number of nitrogens with zero attached hydrogens (tertiary/aromatic N) is 1. The molecule has 1 N–H and O–H groups in total. The van der Waals surface area contributed by atoms with Gasteiger partial charge in [0.05, 0.1) is 10.5 Å². The van der Waals surface area contributed by atoms with E-state index in [-0.39, 0.29) is 18.3 Å². The van der Waals surface area contributed by atoms with Gasteiger partial charge in [-0.05, 0) is 19.4 Å². The minimum absolute atomic E-state index is 0.0169. The molecule has 1 unspecified atom stereocenters. The summed E-state index contributed by atoms with van der Waals surface area (Å²) in [6.45, 7) is 3.68. The summed E-state index contributed by atoms with van der Waals surface area (Å²) in [5.74, 6) is 0. The molecule has 0 spiro atoms. The molecule has 1 amide bonds. The van der Waals surface area contributed by atoms with E-state index in [1.807, 2.05) is 13.8 Å². The van der Waals surface area contributed by atoms with E-state index < -0.39 is 11.0 Å². The monoisotopic (exact) mass is 252 g/mol. The number of carbonyl (C=O) groups excluding carboxylic acids is 1. The fourth-order valence-corrected chi connectivity index (χ4v) is 1.30. The number of nitro benzene ring substituents is 1. The molecule has 1 aromatic rings. The first kappa shape index (κ1) is 14.0. The van der Waals surface area contributed by atoms with Crippen LogP contribution in [0.1, 0.15) is 25.8 Å². The molecule has 6 heteroatoms. The summed E-state index contributed by atoms with van der Waals surface area (Å²) >= 11 is 0. The number of amides is 1. The largest absolute Gasteiger partial charge is 0.444 e. The Bertz CT molecular complexity index is 434. The van der Waals surface area contributed by atoms with Crippen LogP contribution in [0.2, 0.25) is 0 Å². The maximum absolute atomic E-state index is 11.4. The van der Waals surface area contributed by atoms with Crippen LogP contribution in [-0.4, -0.2) is 17.1 Å². The van der Waals surface area contributed by atoms with Crippen molar-refractivity contribution in [2.24, 2.45) is 0 Å². The number of para-hydroxylation sites is 1. The molecule has 18 heavy (non-hydrogen) atoms. The summed E-state index contributed by atoms with van der Waals surface area (Å²) in [5.41, 5.74) is 0.329. The highest BCUT2D eigenvalue weighted by Crippen LogP contribution is 2.18. The zero-order valence-corrected chi connectivity index (χ0v) is 10.4. The second-order valence-corrected chi connectivity index (χ2v) is 3.92. The van der Waals surface area contributed by atoms with Gasteiger partial charge in [-0.25, -0.2) is 4.79 Å². The first-order chi connectivity index (χ1) is 8.54. The molecule has 0 aliphatic rings. The maximum atomic E-state index is 11.4. The number of rotatable bonds is 5. The molecule has 0 aliphatic carbocycles. The molecule has 0 saturated carbocycles. The molecule has 0 radical (unpaired) electrons. The van der Waals surface area contributed by atoms with Gasteiger partial charge in [0, 0.05) is 12.1 Å². The molecule has 0 aliphatic heterocycles. The van der Waals surface area contributed by atoms with Crippen molar-refractivity contribution >= 4 is 11.8 Å². The summed E-state index contributed by atoms with van der Waals surface area (Å²) in [7, 11) is 0. The molecule has 1 rings (SSSR count). The fraction of sp³-hybridized carbons (Fsp3) is 0.417. The number of hydrogen-bond acceptors (Lipinski definition) is 4. The average Bonchev–Trinajstić information content (AvgIpc) is 2.36. The van der Waals surface area contributed by atoms with Crippen LogP contribution >= 0.6 is 0 Å². The minimum Gasteiger partial charge on any atom is -0.444 e. The second-order valence-electron chi connectivity index (χ2n) is 3.92. The Morgan fingerprint density at radius 3 is 2.78 bits per heavy atom. The normalized spacial score (nSPS) is 11.7. The quantitative estimate of drug-likeness (QED) is 0.645. The smallest absolute Gasteiger partial charge is 0.407 e. The van der Waals surface area contributed by atoms with Crippen LogP contribution in [-0.2, 0) is 11.3 Å². The molecule has 0 fully saturated rings. The Balaban J connectivity index is 2.58. The van der Waals surface area contributed by atoms with E-state index in [1.165, 1.54) is 6.07 Å². The lowest BCUT2D eigenvalue weighted by Crippen LogP contribution is -2.32. The number of benzene rings is 1. The van der Waals surface area contributed by atoms with Crippen LogP contribution in [0.5, 0.6) is 0 Å². The average molecular weight is 252 g/mol. The minimum atomic E-state index is -0.567. The van der Waals surface area contributed by atoms with Crippen molar-refractivity contribution in [3.63, 3.8) is 0 Å². The van der Waals surface area contributed by atoms with Crippen LogP contribution in [0, 0.1) is 10.1 Å². The summed E-state index contributed by atoms with van der Waals surface area (Å²) < 4.78 is 4.94. The molecule has 98 valence electrons. The SMILES string of the molecule is CCC(C)NC(=O)OCc1ccccc1[N+](=O)[O-]. The van der Waals surface area contributed by atoms with Gasteiger partial charge in [-0.3, -0.25) is 10.1 Å². The van der Waals surface area contributed by atoms with Gasteiger partial charge in [-0.15, -0.1) is 0 Å². The third kappa shape index (κ3) is 4.04. The number of alkyl carbamates (subject to hydrolysis) is 1. The van der Waals surface area contributed by atoms with Gasteiger partial charge in [0.25, 0.3) is 5.69 Å². The van der Waals surface area contributed by atoms with Crippen molar-refractivity contribution in [3.05, 3.63) is 39.9 Å². The van der Waals surface area contributed by atoms with E-state index in [0.717, 1.165) is 6.42 Å². The van der Waals surface area contributed by atoms with Gasteiger partial charge in [0.1, 0.15) is 6.61 Å². The lowest BCUT2D eigenvalue weighted by molar-refractivity contribution is -0.385. The first-order valence-electron chi connectivity index (χ1n) is 5.70. The molecule has 0 saturated heterocycles. The highest BCUT2D eigenvalue weighted by Gasteiger charge is 2.14. The molecular weight excluding hydrogens is 236 g/mol. The number of nitro groups is 1. The number of nitrogens with one attached hydrogen (secondary N) is 1. The Labute approximate surface area is 105 Å². The van der Waals surface area contributed by atoms with Gasteiger partial charge in [-0.2, -0.15) is 0 Å². The van der Waals surface area contributed by atoms with Crippen molar-refractivity contribution in [1.82, 2.24) is 5.32 Å². The fourth-order valence-electron chi connectivity index (χ4n) is 1.30. The summed E-state index contributed by atoms with van der Waals surface area (Å²) in [4.78, 5) is 21.6. The van der Waals surface area contributed by atoms with Gasteiger partial charge in [0.2, 0.25) is 0 Å². The predicted octanol–water partition coefficient (Wildman–Crippen LogP) is 2.62.